The molecule has 3 aromatic rings. The molecule has 1 aliphatic rings. The van der Waals surface area contributed by atoms with Crippen LogP contribution in [-0.4, -0.2) is 22.9 Å². The van der Waals surface area contributed by atoms with Gasteiger partial charge in [0.25, 0.3) is 0 Å². The van der Waals surface area contributed by atoms with Crippen LogP contribution in [0.2, 0.25) is 0 Å². The summed E-state index contributed by atoms with van der Waals surface area (Å²) >= 11 is 0. The Bertz CT molecular complexity index is 1060. The maximum absolute atomic E-state index is 13.3. The van der Waals surface area contributed by atoms with Crippen LogP contribution in [0.3, 0.4) is 0 Å². The summed E-state index contributed by atoms with van der Waals surface area (Å²) in [7, 11) is -3.98. The molecule has 1 heterocycles. The van der Waals surface area contributed by atoms with E-state index in [4.69, 9.17) is 0 Å². The first-order valence-corrected chi connectivity index (χ1v) is 9.59. The molecule has 132 valence electrons. The summed E-state index contributed by atoms with van der Waals surface area (Å²) in [5, 5.41) is 19.6. The third-order valence-corrected chi connectivity index (χ3v) is 6.47. The zero-order valence-electron chi connectivity index (χ0n) is 13.8. The molecule has 4 rings (SSSR count). The SMILES string of the molecule is O=S(=O)(c1ccc(O)cc1O)N1Cc2ccccc2C1c1ccccc1. The number of nitrogens with zero attached hydrogens (tertiary/aromatic N) is 1. The van der Waals surface area contributed by atoms with Gasteiger partial charge in [0.15, 0.2) is 0 Å². The molecule has 1 unspecified atom stereocenters. The van der Waals surface area contributed by atoms with Crippen LogP contribution in [0.4, 0.5) is 0 Å². The van der Waals surface area contributed by atoms with Crippen molar-refractivity contribution in [2.24, 2.45) is 0 Å². The van der Waals surface area contributed by atoms with Gasteiger partial charge in [-0.05, 0) is 28.8 Å². The second-order valence-corrected chi connectivity index (χ2v) is 8.07. The highest BCUT2D eigenvalue weighted by atomic mass is 32.2. The fraction of sp³-hybridized carbons (Fsp3) is 0.100. The van der Waals surface area contributed by atoms with Crippen LogP contribution in [-0.2, 0) is 16.6 Å². The molecule has 0 fully saturated rings. The molecule has 6 heteroatoms. The summed E-state index contributed by atoms with van der Waals surface area (Å²) in [6.07, 6.45) is 0. The van der Waals surface area contributed by atoms with Crippen molar-refractivity contribution < 1.29 is 18.6 Å². The van der Waals surface area contributed by atoms with Gasteiger partial charge in [-0.15, -0.1) is 0 Å². The molecule has 2 N–H and O–H groups in total. The first-order chi connectivity index (χ1) is 12.5. The molecule has 3 aromatic carbocycles. The topological polar surface area (TPSA) is 77.8 Å². The van der Waals surface area contributed by atoms with Gasteiger partial charge in [0.05, 0.1) is 6.04 Å². The van der Waals surface area contributed by atoms with Crippen molar-refractivity contribution in [1.29, 1.82) is 0 Å². The summed E-state index contributed by atoms with van der Waals surface area (Å²) in [5.41, 5.74) is 2.73. The van der Waals surface area contributed by atoms with Gasteiger partial charge in [-0.1, -0.05) is 54.6 Å². The molecule has 0 aromatic heterocycles. The molecule has 0 saturated carbocycles. The minimum Gasteiger partial charge on any atom is -0.508 e. The van der Waals surface area contributed by atoms with E-state index in [2.05, 4.69) is 0 Å². The molecule has 26 heavy (non-hydrogen) atoms. The maximum Gasteiger partial charge on any atom is 0.247 e. The van der Waals surface area contributed by atoms with Gasteiger partial charge in [0.1, 0.15) is 16.4 Å². The Balaban J connectivity index is 1.87. The maximum atomic E-state index is 13.3. The number of hydrogen-bond donors (Lipinski definition) is 2. The van der Waals surface area contributed by atoms with Gasteiger partial charge in [0, 0.05) is 12.6 Å². The van der Waals surface area contributed by atoms with Crippen molar-refractivity contribution in [3.8, 4) is 11.5 Å². The van der Waals surface area contributed by atoms with Crippen LogP contribution in [0.1, 0.15) is 22.7 Å². The van der Waals surface area contributed by atoms with Crippen LogP contribution >= 0.6 is 0 Å². The van der Waals surface area contributed by atoms with Gasteiger partial charge in [-0.25, -0.2) is 8.42 Å². The molecular weight excluding hydrogens is 350 g/mol. The Morgan fingerprint density at radius 3 is 2.31 bits per heavy atom. The Kier molecular flexibility index (Phi) is 3.94. The van der Waals surface area contributed by atoms with Gasteiger partial charge >= 0.3 is 0 Å². The molecule has 5 nitrogen and oxygen atoms in total. The highest BCUT2D eigenvalue weighted by Gasteiger charge is 2.40. The summed E-state index contributed by atoms with van der Waals surface area (Å²) in [4.78, 5) is -0.218. The molecule has 1 atom stereocenters. The lowest BCUT2D eigenvalue weighted by Crippen LogP contribution is -2.30. The Morgan fingerprint density at radius 2 is 1.58 bits per heavy atom. The average molecular weight is 367 g/mol. The van der Waals surface area contributed by atoms with Crippen molar-refractivity contribution in [2.75, 3.05) is 0 Å². The van der Waals surface area contributed by atoms with E-state index in [9.17, 15) is 18.6 Å². The predicted molar refractivity (Wildman–Crippen MR) is 97.2 cm³/mol. The number of phenolic OH excluding ortho intramolecular Hbond substituents is 2. The lowest BCUT2D eigenvalue weighted by atomic mass is 9.99. The number of rotatable bonds is 3. The summed E-state index contributed by atoms with van der Waals surface area (Å²) in [5.74, 6) is -0.654. The van der Waals surface area contributed by atoms with Gasteiger partial charge in [0.2, 0.25) is 10.0 Å². The molecular formula is C20H17NO4S. The van der Waals surface area contributed by atoms with Crippen molar-refractivity contribution >= 4 is 10.0 Å². The van der Waals surface area contributed by atoms with E-state index >= 15 is 0 Å². The minimum atomic E-state index is -3.98. The van der Waals surface area contributed by atoms with Gasteiger partial charge in [-0.2, -0.15) is 4.31 Å². The third-order valence-electron chi connectivity index (χ3n) is 4.61. The molecule has 0 saturated heterocycles. The number of benzene rings is 3. The molecule has 1 aliphatic heterocycles. The molecule has 0 amide bonds. The number of hydrogen-bond acceptors (Lipinski definition) is 4. The van der Waals surface area contributed by atoms with E-state index in [-0.39, 0.29) is 17.2 Å². The Labute approximate surface area is 151 Å². The number of aromatic hydroxyl groups is 2. The van der Waals surface area contributed by atoms with Gasteiger partial charge < -0.3 is 10.2 Å². The Hall–Kier alpha value is -2.83. The molecule has 0 aliphatic carbocycles. The number of phenols is 2. The van der Waals surface area contributed by atoms with Crippen LogP contribution in [0.15, 0.2) is 77.7 Å². The largest absolute Gasteiger partial charge is 0.508 e. The van der Waals surface area contributed by atoms with Crippen molar-refractivity contribution in [3.05, 3.63) is 89.5 Å². The average Bonchev–Trinajstić information content (AvgIpc) is 3.02. The Morgan fingerprint density at radius 1 is 0.885 bits per heavy atom. The first-order valence-electron chi connectivity index (χ1n) is 8.15. The quantitative estimate of drug-likeness (QED) is 0.744. The zero-order chi connectivity index (χ0) is 18.3. The monoisotopic (exact) mass is 367 g/mol. The predicted octanol–water partition coefficient (Wildman–Crippen LogP) is 3.39. The minimum absolute atomic E-state index is 0.189. The standard InChI is InChI=1S/C20H17NO4S/c22-16-10-11-19(18(23)12-16)26(24,25)21-13-15-8-4-5-9-17(15)20(21)14-6-2-1-3-7-14/h1-12,20,22-23H,13H2. The summed E-state index contributed by atoms with van der Waals surface area (Å²) in [6.45, 7) is 0.221. The van der Waals surface area contributed by atoms with E-state index in [1.54, 1.807) is 0 Å². The first kappa shape index (κ1) is 16.6. The van der Waals surface area contributed by atoms with Crippen LogP contribution < -0.4 is 0 Å². The normalized spacial score (nSPS) is 17.2. The van der Waals surface area contributed by atoms with E-state index in [0.29, 0.717) is 0 Å². The third kappa shape index (κ3) is 2.64. The molecule has 0 radical (unpaired) electrons. The zero-order valence-corrected chi connectivity index (χ0v) is 14.6. The number of sulfonamides is 1. The lowest BCUT2D eigenvalue weighted by molar-refractivity contribution is 0.381. The fourth-order valence-corrected chi connectivity index (χ4v) is 5.05. The molecule has 0 spiro atoms. The van der Waals surface area contributed by atoms with Gasteiger partial charge in [-0.3, -0.25) is 0 Å². The smallest absolute Gasteiger partial charge is 0.247 e. The van der Waals surface area contributed by atoms with Crippen molar-refractivity contribution in [1.82, 2.24) is 4.31 Å². The lowest BCUT2D eigenvalue weighted by Gasteiger charge is -2.25. The fourth-order valence-electron chi connectivity index (χ4n) is 3.41. The van der Waals surface area contributed by atoms with E-state index in [0.717, 1.165) is 22.8 Å². The summed E-state index contributed by atoms with van der Waals surface area (Å²) < 4.78 is 28.0. The highest BCUT2D eigenvalue weighted by Crippen LogP contribution is 2.43. The highest BCUT2D eigenvalue weighted by molar-refractivity contribution is 7.89. The number of fused-ring (bicyclic) bond motifs is 1. The molecule has 0 bridgehead atoms. The van der Waals surface area contributed by atoms with Crippen LogP contribution in [0.5, 0.6) is 11.5 Å². The van der Waals surface area contributed by atoms with Crippen LogP contribution in [0.25, 0.3) is 0 Å². The van der Waals surface area contributed by atoms with Crippen molar-refractivity contribution in [2.45, 2.75) is 17.5 Å². The van der Waals surface area contributed by atoms with Crippen LogP contribution in [0, 0.1) is 0 Å². The van der Waals surface area contributed by atoms with E-state index in [1.165, 1.54) is 16.4 Å². The van der Waals surface area contributed by atoms with Crippen molar-refractivity contribution in [3.63, 3.8) is 0 Å². The van der Waals surface area contributed by atoms with E-state index < -0.39 is 21.8 Å². The second kappa shape index (κ2) is 6.16. The second-order valence-electron chi connectivity index (χ2n) is 6.21. The summed E-state index contributed by atoms with van der Waals surface area (Å²) in [6, 6.07) is 20.1. The van der Waals surface area contributed by atoms with E-state index in [1.807, 2.05) is 54.6 Å².